The Morgan fingerprint density at radius 3 is 2.40 bits per heavy atom. The summed E-state index contributed by atoms with van der Waals surface area (Å²) in [5, 5.41) is 0.646. The second kappa shape index (κ2) is 8.51. The minimum Gasteiger partial charge on any atom is -0.341 e. The van der Waals surface area contributed by atoms with Crippen LogP contribution in [0, 0.1) is 5.92 Å². The molecule has 0 radical (unpaired) electrons. The van der Waals surface area contributed by atoms with E-state index in [9.17, 15) is 18.0 Å². The van der Waals surface area contributed by atoms with Crippen LogP contribution in [0.5, 0.6) is 0 Å². The van der Waals surface area contributed by atoms with E-state index >= 15 is 0 Å². The average molecular weight is 432 g/mol. The number of rotatable bonds is 4. The van der Waals surface area contributed by atoms with Gasteiger partial charge in [0.1, 0.15) is 6.54 Å². The highest BCUT2D eigenvalue weighted by atomic mass is 32.2. The van der Waals surface area contributed by atoms with E-state index in [0.29, 0.717) is 29.9 Å². The van der Waals surface area contributed by atoms with Gasteiger partial charge >= 0.3 is 0 Å². The maximum atomic E-state index is 13.1. The van der Waals surface area contributed by atoms with E-state index in [1.165, 1.54) is 10.6 Å². The SMILES string of the molecule is CC1CCN(S(=O)(=O)c2ccc3c(ccc(=O)n3CC(=O)N3CCCCC3)c2)CC1. The smallest absolute Gasteiger partial charge is 0.251 e. The topological polar surface area (TPSA) is 79.7 Å². The lowest BCUT2D eigenvalue weighted by molar-refractivity contribution is -0.132. The van der Waals surface area contributed by atoms with Crippen LogP contribution in [0.3, 0.4) is 0 Å². The molecule has 0 bridgehead atoms. The van der Waals surface area contributed by atoms with E-state index in [2.05, 4.69) is 6.92 Å². The molecule has 0 atom stereocenters. The quantitative estimate of drug-likeness (QED) is 0.745. The Kier molecular flexibility index (Phi) is 5.97. The van der Waals surface area contributed by atoms with Gasteiger partial charge in [0.25, 0.3) is 5.56 Å². The minimum absolute atomic E-state index is 0.0215. The summed E-state index contributed by atoms with van der Waals surface area (Å²) >= 11 is 0. The molecule has 2 aromatic rings. The first-order valence-corrected chi connectivity index (χ1v) is 12.2. The summed E-state index contributed by atoms with van der Waals surface area (Å²) in [7, 11) is -3.57. The molecule has 2 aliphatic heterocycles. The van der Waals surface area contributed by atoms with Crippen LogP contribution in [-0.4, -0.2) is 54.3 Å². The number of piperidine rings is 2. The van der Waals surface area contributed by atoms with Crippen molar-refractivity contribution in [2.45, 2.75) is 50.5 Å². The second-order valence-corrected chi connectivity index (χ2v) is 10.4. The van der Waals surface area contributed by atoms with Gasteiger partial charge in [-0.25, -0.2) is 8.42 Å². The van der Waals surface area contributed by atoms with Crippen molar-refractivity contribution in [2.75, 3.05) is 26.2 Å². The Morgan fingerprint density at radius 2 is 1.70 bits per heavy atom. The molecule has 4 rings (SSSR count). The van der Waals surface area contributed by atoms with Gasteiger partial charge in [0.05, 0.1) is 10.4 Å². The molecule has 0 saturated carbocycles. The minimum atomic E-state index is -3.57. The fourth-order valence-electron chi connectivity index (χ4n) is 4.36. The number of carbonyl (C=O) groups is 1. The summed E-state index contributed by atoms with van der Waals surface area (Å²) in [4.78, 5) is 27.2. The van der Waals surface area contributed by atoms with Gasteiger partial charge in [-0.05, 0) is 67.7 Å². The number of sulfonamides is 1. The molecule has 0 spiro atoms. The van der Waals surface area contributed by atoms with E-state index in [1.807, 2.05) is 4.90 Å². The van der Waals surface area contributed by atoms with E-state index in [1.54, 1.807) is 28.6 Å². The predicted molar refractivity (Wildman–Crippen MR) is 116 cm³/mol. The lowest BCUT2D eigenvalue weighted by Gasteiger charge is -2.29. The molecule has 3 heterocycles. The summed E-state index contributed by atoms with van der Waals surface area (Å²) in [6, 6.07) is 7.86. The van der Waals surface area contributed by atoms with Crippen LogP contribution in [0.15, 0.2) is 40.0 Å². The maximum absolute atomic E-state index is 13.1. The van der Waals surface area contributed by atoms with E-state index in [0.717, 1.165) is 45.2 Å². The van der Waals surface area contributed by atoms with Crippen LogP contribution >= 0.6 is 0 Å². The summed E-state index contributed by atoms with van der Waals surface area (Å²) < 4.78 is 29.1. The third-order valence-corrected chi connectivity index (χ3v) is 8.24. The van der Waals surface area contributed by atoms with Crippen molar-refractivity contribution >= 4 is 26.8 Å². The number of pyridine rings is 1. The summed E-state index contributed by atoms with van der Waals surface area (Å²) in [6.07, 6.45) is 4.85. The lowest BCUT2D eigenvalue weighted by atomic mass is 10.0. The Hall–Kier alpha value is -2.19. The monoisotopic (exact) mass is 431 g/mol. The number of nitrogens with zero attached hydrogens (tertiary/aromatic N) is 3. The van der Waals surface area contributed by atoms with Gasteiger partial charge in [-0.3, -0.25) is 14.2 Å². The number of hydrogen-bond acceptors (Lipinski definition) is 4. The fourth-order valence-corrected chi connectivity index (χ4v) is 5.86. The first kappa shape index (κ1) is 21.1. The molecular formula is C22H29N3O4S. The van der Waals surface area contributed by atoms with Crippen LogP contribution in [0.4, 0.5) is 0 Å². The molecular weight excluding hydrogens is 402 g/mol. The van der Waals surface area contributed by atoms with Gasteiger partial charge in [0, 0.05) is 32.2 Å². The molecule has 0 unspecified atom stereocenters. The third kappa shape index (κ3) is 4.16. The number of benzene rings is 1. The first-order valence-electron chi connectivity index (χ1n) is 10.8. The number of likely N-dealkylation sites (tertiary alicyclic amines) is 1. The van der Waals surface area contributed by atoms with Gasteiger partial charge in [-0.15, -0.1) is 0 Å². The molecule has 1 aromatic heterocycles. The Morgan fingerprint density at radius 1 is 1.00 bits per heavy atom. The fraction of sp³-hybridized carbons (Fsp3) is 0.545. The molecule has 0 N–H and O–H groups in total. The van der Waals surface area contributed by atoms with E-state index in [4.69, 9.17) is 0 Å². The van der Waals surface area contributed by atoms with Crippen molar-refractivity contribution in [1.29, 1.82) is 0 Å². The summed E-state index contributed by atoms with van der Waals surface area (Å²) in [6.45, 7) is 4.65. The standard InChI is InChI=1S/C22H29N3O4S/c1-17-9-13-24(14-10-17)30(28,29)19-6-7-20-18(15-19)5-8-21(26)25(20)16-22(27)23-11-3-2-4-12-23/h5-8,15,17H,2-4,9-14,16H2,1H3. The Labute approximate surface area is 177 Å². The molecule has 2 aliphatic rings. The molecule has 0 aliphatic carbocycles. The van der Waals surface area contributed by atoms with E-state index in [-0.39, 0.29) is 22.9 Å². The van der Waals surface area contributed by atoms with Gasteiger partial charge < -0.3 is 4.90 Å². The number of hydrogen-bond donors (Lipinski definition) is 0. The van der Waals surface area contributed by atoms with Gasteiger partial charge in [-0.2, -0.15) is 4.31 Å². The van der Waals surface area contributed by atoms with Crippen molar-refractivity contribution in [3.8, 4) is 0 Å². The number of carbonyl (C=O) groups excluding carboxylic acids is 1. The largest absolute Gasteiger partial charge is 0.341 e. The zero-order valence-electron chi connectivity index (χ0n) is 17.4. The Balaban J connectivity index is 1.63. The Bertz CT molecular complexity index is 1100. The van der Waals surface area contributed by atoms with Crippen LogP contribution in [0.2, 0.25) is 0 Å². The van der Waals surface area contributed by atoms with Crippen molar-refractivity contribution in [3.63, 3.8) is 0 Å². The zero-order valence-corrected chi connectivity index (χ0v) is 18.2. The molecule has 2 saturated heterocycles. The van der Waals surface area contributed by atoms with Crippen LogP contribution < -0.4 is 5.56 Å². The lowest BCUT2D eigenvalue weighted by Crippen LogP contribution is -2.39. The van der Waals surface area contributed by atoms with Gasteiger partial charge in [-0.1, -0.05) is 6.92 Å². The van der Waals surface area contributed by atoms with Crippen molar-refractivity contribution in [2.24, 2.45) is 5.92 Å². The number of aromatic nitrogens is 1. The molecule has 8 heteroatoms. The highest BCUT2D eigenvalue weighted by Gasteiger charge is 2.28. The number of fused-ring (bicyclic) bond motifs is 1. The number of amides is 1. The van der Waals surface area contributed by atoms with Crippen LogP contribution in [-0.2, 0) is 21.4 Å². The van der Waals surface area contributed by atoms with Crippen LogP contribution in [0.1, 0.15) is 39.0 Å². The van der Waals surface area contributed by atoms with Crippen molar-refractivity contribution < 1.29 is 13.2 Å². The average Bonchev–Trinajstić information content (AvgIpc) is 2.76. The molecule has 162 valence electrons. The molecule has 30 heavy (non-hydrogen) atoms. The molecule has 1 aromatic carbocycles. The highest BCUT2D eigenvalue weighted by molar-refractivity contribution is 7.89. The van der Waals surface area contributed by atoms with Gasteiger partial charge in [0.15, 0.2) is 0 Å². The second-order valence-electron chi connectivity index (χ2n) is 8.51. The third-order valence-electron chi connectivity index (χ3n) is 6.34. The van der Waals surface area contributed by atoms with Crippen molar-refractivity contribution in [3.05, 3.63) is 40.7 Å². The van der Waals surface area contributed by atoms with E-state index < -0.39 is 10.0 Å². The van der Waals surface area contributed by atoms with Gasteiger partial charge in [0.2, 0.25) is 15.9 Å². The zero-order chi connectivity index (χ0) is 21.3. The summed E-state index contributed by atoms with van der Waals surface area (Å²) in [5.41, 5.74) is 0.326. The first-order chi connectivity index (χ1) is 14.4. The predicted octanol–water partition coefficient (Wildman–Crippen LogP) is 2.43. The van der Waals surface area contributed by atoms with Crippen molar-refractivity contribution in [1.82, 2.24) is 13.8 Å². The highest BCUT2D eigenvalue weighted by Crippen LogP contribution is 2.25. The molecule has 7 nitrogen and oxygen atoms in total. The summed E-state index contributed by atoms with van der Waals surface area (Å²) in [5.74, 6) is 0.475. The van der Waals surface area contributed by atoms with Crippen LogP contribution in [0.25, 0.3) is 10.9 Å². The molecule has 2 fully saturated rings. The maximum Gasteiger partial charge on any atom is 0.251 e. The normalized spacial score (nSPS) is 19.3. The molecule has 1 amide bonds.